The van der Waals surface area contributed by atoms with Gasteiger partial charge in [-0.25, -0.2) is 0 Å². The Morgan fingerprint density at radius 3 is 2.89 bits per heavy atom. The number of para-hydroxylation sites is 1. The van der Waals surface area contributed by atoms with Gasteiger partial charge in [-0.05, 0) is 30.5 Å². The maximum Gasteiger partial charge on any atom is 0.268 e. The first-order valence-corrected chi connectivity index (χ1v) is 6.86. The van der Waals surface area contributed by atoms with Crippen LogP contribution in [0.2, 0.25) is 0 Å². The Bertz CT molecular complexity index is 662. The zero-order chi connectivity index (χ0) is 13.1. The van der Waals surface area contributed by atoms with Crippen LogP contribution in [-0.2, 0) is 0 Å². The van der Waals surface area contributed by atoms with Crippen LogP contribution in [-0.4, -0.2) is 16.7 Å². The van der Waals surface area contributed by atoms with Crippen LogP contribution < -0.4 is 4.74 Å². The minimum Gasteiger partial charge on any atom is -0.493 e. The molecule has 1 aromatic carbocycles. The highest BCUT2D eigenvalue weighted by atomic mass is 32.1. The number of nitrogens with zero attached hydrogens (tertiary/aromatic N) is 2. The van der Waals surface area contributed by atoms with E-state index in [2.05, 4.69) is 10.1 Å². The highest BCUT2D eigenvalue weighted by Crippen LogP contribution is 2.30. The van der Waals surface area contributed by atoms with Crippen LogP contribution in [0.15, 0.2) is 46.3 Å². The summed E-state index contributed by atoms with van der Waals surface area (Å²) in [6, 6.07) is 11.6. The van der Waals surface area contributed by atoms with Gasteiger partial charge in [0.05, 0.1) is 17.0 Å². The van der Waals surface area contributed by atoms with E-state index in [-0.39, 0.29) is 0 Å². The number of benzene rings is 1. The van der Waals surface area contributed by atoms with Crippen LogP contribution in [0, 0.1) is 0 Å². The average molecular weight is 272 g/mol. The second-order valence-corrected chi connectivity index (χ2v) is 4.78. The minimum absolute atomic E-state index is 0.538. The molecule has 0 atom stereocenters. The van der Waals surface area contributed by atoms with Gasteiger partial charge >= 0.3 is 0 Å². The molecule has 96 valence electrons. The van der Waals surface area contributed by atoms with Crippen molar-refractivity contribution in [1.82, 2.24) is 10.1 Å². The summed E-state index contributed by atoms with van der Waals surface area (Å²) in [6.45, 7) is 2.55. The number of hydrogen-bond acceptors (Lipinski definition) is 5. The normalized spacial score (nSPS) is 10.6. The number of ether oxygens (including phenoxy) is 1. The lowest BCUT2D eigenvalue weighted by Gasteiger charge is -2.05. The first kappa shape index (κ1) is 11.9. The molecule has 0 aliphatic rings. The SMILES string of the molecule is CCOc1ccccc1-c1noc(-c2cccs2)n1. The fraction of sp³-hybridized carbons (Fsp3) is 0.143. The fourth-order valence-corrected chi connectivity index (χ4v) is 2.41. The van der Waals surface area contributed by atoms with Gasteiger partial charge in [0.15, 0.2) is 0 Å². The van der Waals surface area contributed by atoms with Gasteiger partial charge in [0.1, 0.15) is 5.75 Å². The van der Waals surface area contributed by atoms with Crippen LogP contribution in [0.5, 0.6) is 5.75 Å². The highest BCUT2D eigenvalue weighted by Gasteiger charge is 2.14. The molecule has 0 saturated heterocycles. The Morgan fingerprint density at radius 2 is 2.11 bits per heavy atom. The monoisotopic (exact) mass is 272 g/mol. The standard InChI is InChI=1S/C14H12N2O2S/c1-2-17-11-7-4-3-6-10(11)13-15-14(18-16-13)12-8-5-9-19-12/h3-9H,2H2,1H3. The zero-order valence-electron chi connectivity index (χ0n) is 10.4. The largest absolute Gasteiger partial charge is 0.493 e. The molecule has 0 amide bonds. The summed E-state index contributed by atoms with van der Waals surface area (Å²) >= 11 is 1.57. The quantitative estimate of drug-likeness (QED) is 0.723. The molecule has 3 aromatic rings. The smallest absolute Gasteiger partial charge is 0.268 e. The van der Waals surface area contributed by atoms with E-state index in [0.717, 1.165) is 16.2 Å². The van der Waals surface area contributed by atoms with Crippen molar-refractivity contribution in [2.75, 3.05) is 6.61 Å². The summed E-state index contributed by atoms with van der Waals surface area (Å²) < 4.78 is 10.9. The van der Waals surface area contributed by atoms with Gasteiger partial charge in [-0.15, -0.1) is 11.3 Å². The van der Waals surface area contributed by atoms with E-state index in [9.17, 15) is 0 Å². The number of rotatable bonds is 4. The van der Waals surface area contributed by atoms with E-state index >= 15 is 0 Å². The molecule has 19 heavy (non-hydrogen) atoms. The lowest BCUT2D eigenvalue weighted by molar-refractivity contribution is 0.341. The predicted octanol–water partition coefficient (Wildman–Crippen LogP) is 3.86. The molecule has 4 nitrogen and oxygen atoms in total. The molecular formula is C14H12N2O2S. The zero-order valence-corrected chi connectivity index (χ0v) is 11.2. The van der Waals surface area contributed by atoms with Crippen molar-refractivity contribution in [3.05, 3.63) is 41.8 Å². The van der Waals surface area contributed by atoms with E-state index in [1.165, 1.54) is 0 Å². The Balaban J connectivity index is 1.99. The summed E-state index contributed by atoms with van der Waals surface area (Å²) in [4.78, 5) is 5.38. The third-order valence-corrected chi connectivity index (χ3v) is 3.44. The van der Waals surface area contributed by atoms with Gasteiger partial charge in [0.2, 0.25) is 5.82 Å². The third kappa shape index (κ3) is 2.37. The Morgan fingerprint density at radius 1 is 1.21 bits per heavy atom. The number of thiophene rings is 1. The maximum absolute atomic E-state index is 5.57. The van der Waals surface area contributed by atoms with Crippen LogP contribution in [0.25, 0.3) is 22.2 Å². The molecule has 0 bridgehead atoms. The van der Waals surface area contributed by atoms with Gasteiger partial charge in [-0.3, -0.25) is 0 Å². The lowest BCUT2D eigenvalue weighted by Crippen LogP contribution is -1.94. The van der Waals surface area contributed by atoms with Gasteiger partial charge in [0, 0.05) is 0 Å². The highest BCUT2D eigenvalue weighted by molar-refractivity contribution is 7.13. The van der Waals surface area contributed by atoms with E-state index in [4.69, 9.17) is 9.26 Å². The summed E-state index contributed by atoms with van der Waals surface area (Å²) in [5.41, 5.74) is 0.843. The van der Waals surface area contributed by atoms with E-state index < -0.39 is 0 Å². The molecule has 0 aliphatic carbocycles. The summed E-state index contributed by atoms with van der Waals surface area (Å²) in [5, 5.41) is 6.01. The van der Waals surface area contributed by atoms with E-state index in [1.807, 2.05) is 48.7 Å². The van der Waals surface area contributed by atoms with Crippen molar-refractivity contribution in [3.63, 3.8) is 0 Å². The first-order valence-electron chi connectivity index (χ1n) is 5.98. The first-order chi connectivity index (χ1) is 9.38. The van der Waals surface area contributed by atoms with E-state index in [0.29, 0.717) is 18.3 Å². The van der Waals surface area contributed by atoms with Crippen molar-refractivity contribution in [3.8, 4) is 27.9 Å². The molecule has 0 N–H and O–H groups in total. The van der Waals surface area contributed by atoms with Gasteiger partial charge in [-0.2, -0.15) is 4.98 Å². The van der Waals surface area contributed by atoms with Crippen LogP contribution in [0.4, 0.5) is 0 Å². The molecule has 0 unspecified atom stereocenters. The molecule has 2 aromatic heterocycles. The van der Waals surface area contributed by atoms with E-state index in [1.54, 1.807) is 11.3 Å². The topological polar surface area (TPSA) is 48.2 Å². The predicted molar refractivity (Wildman–Crippen MR) is 74.2 cm³/mol. The fourth-order valence-electron chi connectivity index (χ4n) is 1.77. The Labute approximate surface area is 114 Å². The number of aromatic nitrogens is 2. The van der Waals surface area contributed by atoms with Gasteiger partial charge in [-0.1, -0.05) is 23.4 Å². The molecule has 0 radical (unpaired) electrons. The van der Waals surface area contributed by atoms with Crippen molar-refractivity contribution < 1.29 is 9.26 Å². The van der Waals surface area contributed by atoms with Crippen molar-refractivity contribution >= 4 is 11.3 Å². The minimum atomic E-state index is 0.538. The molecule has 0 saturated carbocycles. The summed E-state index contributed by atoms with van der Waals surface area (Å²) in [6.07, 6.45) is 0. The summed E-state index contributed by atoms with van der Waals surface area (Å²) in [5.74, 6) is 1.85. The van der Waals surface area contributed by atoms with Crippen LogP contribution in [0.3, 0.4) is 0 Å². The van der Waals surface area contributed by atoms with Gasteiger partial charge < -0.3 is 9.26 Å². The molecule has 0 aliphatic heterocycles. The third-order valence-electron chi connectivity index (χ3n) is 2.59. The Kier molecular flexibility index (Phi) is 3.29. The maximum atomic E-state index is 5.57. The van der Waals surface area contributed by atoms with Crippen molar-refractivity contribution in [2.45, 2.75) is 6.92 Å². The van der Waals surface area contributed by atoms with Crippen molar-refractivity contribution in [2.24, 2.45) is 0 Å². The molecule has 5 heteroatoms. The van der Waals surface area contributed by atoms with Crippen molar-refractivity contribution in [1.29, 1.82) is 0 Å². The molecule has 3 rings (SSSR count). The second kappa shape index (κ2) is 5.24. The number of hydrogen-bond donors (Lipinski definition) is 0. The van der Waals surface area contributed by atoms with Crippen LogP contribution >= 0.6 is 11.3 Å². The molecule has 0 fully saturated rings. The summed E-state index contributed by atoms with van der Waals surface area (Å²) in [7, 11) is 0. The average Bonchev–Trinajstić information content (AvgIpc) is 3.11. The molecule has 2 heterocycles. The lowest BCUT2D eigenvalue weighted by atomic mass is 10.2. The second-order valence-electron chi connectivity index (χ2n) is 3.83. The van der Waals surface area contributed by atoms with Crippen LogP contribution in [0.1, 0.15) is 6.92 Å². The molecule has 0 spiro atoms. The van der Waals surface area contributed by atoms with Gasteiger partial charge in [0.25, 0.3) is 5.89 Å². The molecular weight excluding hydrogens is 260 g/mol. The Hall–Kier alpha value is -2.14.